The third kappa shape index (κ3) is 3.89. The Morgan fingerprint density at radius 1 is 1.40 bits per heavy atom. The van der Waals surface area contributed by atoms with E-state index in [-0.39, 0.29) is 6.54 Å². The maximum atomic E-state index is 12.3. The molecule has 0 unspecified atom stereocenters. The minimum absolute atomic E-state index is 0.228. The monoisotopic (exact) mass is 314 g/mol. The summed E-state index contributed by atoms with van der Waals surface area (Å²) in [7, 11) is -3.49. The quantitative estimate of drug-likeness (QED) is 0.722. The van der Waals surface area contributed by atoms with Crippen LogP contribution in [0.3, 0.4) is 0 Å². The topological polar surface area (TPSA) is 86.9 Å². The van der Waals surface area contributed by atoms with Crippen molar-refractivity contribution < 1.29 is 8.42 Å². The molecule has 0 saturated carbocycles. The lowest BCUT2D eigenvalue weighted by molar-refractivity contribution is 0.571. The molecule has 0 atom stereocenters. The van der Waals surface area contributed by atoms with Gasteiger partial charge in [-0.25, -0.2) is 13.1 Å². The van der Waals surface area contributed by atoms with Crippen LogP contribution in [-0.4, -0.2) is 24.7 Å². The average molecular weight is 314 g/mol. The van der Waals surface area contributed by atoms with Gasteiger partial charge in [0, 0.05) is 35.8 Å². The van der Waals surface area contributed by atoms with Crippen LogP contribution in [-0.2, 0) is 23.1 Å². The summed E-state index contributed by atoms with van der Waals surface area (Å²) in [6, 6.07) is 1.95. The van der Waals surface area contributed by atoms with Crippen molar-refractivity contribution in [2.75, 3.05) is 0 Å². The Morgan fingerprint density at radius 3 is 2.85 bits per heavy atom. The second-order valence-corrected chi connectivity index (χ2v) is 7.41. The first-order valence-electron chi connectivity index (χ1n) is 6.26. The predicted octanol–water partition coefficient (Wildman–Crippen LogP) is 1.45. The maximum Gasteiger partial charge on any atom is 0.242 e. The number of sulfonamides is 1. The summed E-state index contributed by atoms with van der Waals surface area (Å²) in [5.41, 5.74) is 0.797. The largest absolute Gasteiger partial charge is 0.310 e. The van der Waals surface area contributed by atoms with Crippen LogP contribution in [0.1, 0.15) is 24.3 Å². The van der Waals surface area contributed by atoms with Crippen LogP contribution in [0.2, 0.25) is 0 Å². The number of hydrogen-bond acceptors (Lipinski definition) is 5. The molecule has 110 valence electrons. The van der Waals surface area contributed by atoms with E-state index < -0.39 is 10.0 Å². The molecule has 20 heavy (non-hydrogen) atoms. The van der Waals surface area contributed by atoms with Gasteiger partial charge >= 0.3 is 0 Å². The van der Waals surface area contributed by atoms with Crippen LogP contribution in [0, 0.1) is 0 Å². The van der Waals surface area contributed by atoms with Crippen molar-refractivity contribution in [1.82, 2.24) is 20.2 Å². The first-order valence-corrected chi connectivity index (χ1v) is 8.62. The molecule has 2 rings (SSSR count). The SMILES string of the molecule is CC(C)NCc1sccc1S(=O)(=O)NCc1cn[nH]c1. The van der Waals surface area contributed by atoms with Gasteiger partial charge in [-0.15, -0.1) is 11.3 Å². The predicted molar refractivity (Wildman–Crippen MR) is 78.9 cm³/mol. The Labute approximate surface area is 122 Å². The van der Waals surface area contributed by atoms with E-state index >= 15 is 0 Å². The van der Waals surface area contributed by atoms with Crippen LogP contribution in [0.4, 0.5) is 0 Å². The average Bonchev–Trinajstić information content (AvgIpc) is 3.05. The number of aromatic amines is 1. The van der Waals surface area contributed by atoms with E-state index in [2.05, 4.69) is 20.2 Å². The van der Waals surface area contributed by atoms with Crippen LogP contribution >= 0.6 is 11.3 Å². The molecule has 0 bridgehead atoms. The first-order chi connectivity index (χ1) is 9.49. The molecule has 2 aromatic rings. The fourth-order valence-corrected chi connectivity index (χ4v) is 4.03. The van der Waals surface area contributed by atoms with Gasteiger partial charge in [0.05, 0.1) is 11.1 Å². The Morgan fingerprint density at radius 2 is 2.20 bits per heavy atom. The van der Waals surface area contributed by atoms with E-state index in [0.29, 0.717) is 17.5 Å². The van der Waals surface area contributed by atoms with Crippen molar-refractivity contribution in [3.63, 3.8) is 0 Å². The van der Waals surface area contributed by atoms with Gasteiger partial charge in [0.15, 0.2) is 0 Å². The molecule has 0 amide bonds. The van der Waals surface area contributed by atoms with Crippen LogP contribution in [0.15, 0.2) is 28.7 Å². The Kier molecular flexibility index (Phi) is 4.92. The van der Waals surface area contributed by atoms with Gasteiger partial charge in [0.25, 0.3) is 0 Å². The maximum absolute atomic E-state index is 12.3. The summed E-state index contributed by atoms with van der Waals surface area (Å²) in [6.07, 6.45) is 3.26. The van der Waals surface area contributed by atoms with Gasteiger partial charge in [0.1, 0.15) is 0 Å². The van der Waals surface area contributed by atoms with Gasteiger partial charge in [-0.2, -0.15) is 5.10 Å². The Hall–Kier alpha value is -1.22. The zero-order valence-electron chi connectivity index (χ0n) is 11.4. The molecule has 0 aliphatic heterocycles. The summed E-state index contributed by atoms with van der Waals surface area (Å²) < 4.78 is 27.2. The highest BCUT2D eigenvalue weighted by atomic mass is 32.2. The molecule has 0 aliphatic rings. The number of rotatable bonds is 7. The number of hydrogen-bond donors (Lipinski definition) is 3. The number of nitrogens with one attached hydrogen (secondary N) is 3. The number of thiophene rings is 1. The summed E-state index contributed by atoms with van der Waals surface area (Å²) in [6.45, 7) is 4.83. The van der Waals surface area contributed by atoms with Gasteiger partial charge in [0.2, 0.25) is 10.0 Å². The Balaban J connectivity index is 2.07. The molecule has 0 aliphatic carbocycles. The number of aromatic nitrogens is 2. The molecule has 0 saturated heterocycles. The third-order valence-corrected chi connectivity index (χ3v) is 5.22. The highest BCUT2D eigenvalue weighted by molar-refractivity contribution is 7.89. The van der Waals surface area contributed by atoms with E-state index in [4.69, 9.17) is 0 Å². The van der Waals surface area contributed by atoms with Crippen molar-refractivity contribution in [1.29, 1.82) is 0 Å². The van der Waals surface area contributed by atoms with E-state index in [1.165, 1.54) is 11.3 Å². The molecule has 0 aromatic carbocycles. The molecule has 6 nitrogen and oxygen atoms in total. The van der Waals surface area contributed by atoms with Crippen molar-refractivity contribution in [2.45, 2.75) is 37.9 Å². The number of nitrogens with zero attached hydrogens (tertiary/aromatic N) is 1. The minimum Gasteiger partial charge on any atom is -0.310 e. The molecule has 2 aromatic heterocycles. The number of H-pyrrole nitrogens is 1. The van der Waals surface area contributed by atoms with E-state index in [1.807, 2.05) is 13.8 Å². The standard InChI is InChI=1S/C12H18N4O2S2/c1-9(2)13-8-11-12(3-4-19-11)20(17,18)16-7-10-5-14-15-6-10/h3-6,9,13,16H,7-8H2,1-2H3,(H,14,15). The Bertz CT molecular complexity index is 632. The lowest BCUT2D eigenvalue weighted by Crippen LogP contribution is -2.26. The second-order valence-electron chi connectivity index (χ2n) is 4.67. The van der Waals surface area contributed by atoms with Crippen molar-refractivity contribution in [3.8, 4) is 0 Å². The van der Waals surface area contributed by atoms with Crippen molar-refractivity contribution in [3.05, 3.63) is 34.3 Å². The van der Waals surface area contributed by atoms with Crippen LogP contribution < -0.4 is 10.0 Å². The van der Waals surface area contributed by atoms with Gasteiger partial charge in [-0.05, 0) is 11.4 Å². The third-order valence-electron chi connectivity index (χ3n) is 2.69. The van der Waals surface area contributed by atoms with E-state index in [1.54, 1.807) is 23.8 Å². The molecule has 0 fully saturated rings. The summed E-state index contributed by atoms with van der Waals surface area (Å²) in [5.74, 6) is 0. The summed E-state index contributed by atoms with van der Waals surface area (Å²) >= 11 is 1.44. The van der Waals surface area contributed by atoms with Crippen LogP contribution in [0.25, 0.3) is 0 Å². The van der Waals surface area contributed by atoms with Gasteiger partial charge < -0.3 is 5.32 Å². The van der Waals surface area contributed by atoms with Gasteiger partial charge in [-0.3, -0.25) is 5.10 Å². The highest BCUT2D eigenvalue weighted by Crippen LogP contribution is 2.22. The lowest BCUT2D eigenvalue weighted by Gasteiger charge is -2.09. The molecular weight excluding hydrogens is 296 g/mol. The second kappa shape index (κ2) is 6.49. The van der Waals surface area contributed by atoms with Crippen molar-refractivity contribution >= 4 is 21.4 Å². The van der Waals surface area contributed by atoms with Crippen molar-refractivity contribution in [2.24, 2.45) is 0 Å². The molecule has 0 spiro atoms. The van der Waals surface area contributed by atoms with Gasteiger partial charge in [-0.1, -0.05) is 13.8 Å². The zero-order valence-corrected chi connectivity index (χ0v) is 13.0. The van der Waals surface area contributed by atoms with E-state index in [0.717, 1.165) is 10.4 Å². The fourth-order valence-electron chi connectivity index (χ4n) is 1.62. The fraction of sp³-hybridized carbons (Fsp3) is 0.417. The smallest absolute Gasteiger partial charge is 0.242 e. The molecule has 3 N–H and O–H groups in total. The molecule has 0 radical (unpaired) electrons. The minimum atomic E-state index is -3.49. The lowest BCUT2D eigenvalue weighted by atomic mass is 10.4. The highest BCUT2D eigenvalue weighted by Gasteiger charge is 2.19. The first kappa shape index (κ1) is 15.2. The van der Waals surface area contributed by atoms with E-state index in [9.17, 15) is 8.42 Å². The molecule has 8 heteroatoms. The molecule has 2 heterocycles. The normalized spacial score (nSPS) is 12.2. The summed E-state index contributed by atoms with van der Waals surface area (Å²) in [4.78, 5) is 1.16. The zero-order chi connectivity index (χ0) is 14.6. The molecular formula is C12H18N4O2S2. The van der Waals surface area contributed by atoms with Crippen LogP contribution in [0.5, 0.6) is 0 Å². The summed E-state index contributed by atoms with van der Waals surface area (Å²) in [5, 5.41) is 11.5.